The third-order valence-corrected chi connectivity index (χ3v) is 5.33. The molecule has 0 aliphatic heterocycles. The molecule has 0 saturated heterocycles. The van der Waals surface area contributed by atoms with Crippen LogP contribution in [0.1, 0.15) is 51.3 Å². The van der Waals surface area contributed by atoms with Crippen LogP contribution in [0.5, 0.6) is 0 Å². The SMILES string of the molecule is CC1CC(C)(C)CCC1(O)CCc1cccs1. The van der Waals surface area contributed by atoms with E-state index >= 15 is 0 Å². The first-order chi connectivity index (χ1) is 7.91. The van der Waals surface area contributed by atoms with Gasteiger partial charge in [0, 0.05) is 4.88 Å². The lowest BCUT2D eigenvalue weighted by Crippen LogP contribution is -2.44. The van der Waals surface area contributed by atoms with Crippen LogP contribution in [-0.2, 0) is 6.42 Å². The molecule has 2 heteroatoms. The van der Waals surface area contributed by atoms with E-state index in [0.717, 1.165) is 32.1 Å². The Hall–Kier alpha value is -0.340. The maximum atomic E-state index is 10.8. The van der Waals surface area contributed by atoms with Crippen molar-refractivity contribution in [2.75, 3.05) is 0 Å². The predicted octanol–water partition coefficient (Wildman–Crippen LogP) is 4.26. The first-order valence-electron chi connectivity index (χ1n) is 6.66. The second-order valence-corrected chi connectivity index (χ2v) is 7.48. The van der Waals surface area contributed by atoms with E-state index in [9.17, 15) is 5.11 Å². The van der Waals surface area contributed by atoms with Gasteiger partial charge in [0.15, 0.2) is 0 Å². The van der Waals surface area contributed by atoms with Crippen LogP contribution in [0.3, 0.4) is 0 Å². The average Bonchev–Trinajstić information content (AvgIpc) is 2.74. The van der Waals surface area contributed by atoms with Crippen molar-refractivity contribution in [3.8, 4) is 0 Å². The summed E-state index contributed by atoms with van der Waals surface area (Å²) in [5, 5.41) is 12.9. The van der Waals surface area contributed by atoms with Gasteiger partial charge in [-0.05, 0) is 54.9 Å². The lowest BCUT2D eigenvalue weighted by atomic mass is 9.64. The lowest BCUT2D eigenvalue weighted by molar-refractivity contribution is -0.0762. The molecule has 1 nitrogen and oxygen atoms in total. The van der Waals surface area contributed by atoms with Crippen molar-refractivity contribution in [3.05, 3.63) is 22.4 Å². The summed E-state index contributed by atoms with van der Waals surface area (Å²) in [6.45, 7) is 6.86. The fourth-order valence-electron chi connectivity index (χ4n) is 3.09. The van der Waals surface area contributed by atoms with E-state index < -0.39 is 5.60 Å². The number of thiophene rings is 1. The Balaban J connectivity index is 1.95. The van der Waals surface area contributed by atoms with E-state index in [1.807, 2.05) is 0 Å². The standard InChI is InChI=1S/C15H24OS/c1-12-11-14(2,3)8-9-15(12,16)7-6-13-5-4-10-17-13/h4-5,10,12,16H,6-9,11H2,1-3H3. The molecule has 0 bridgehead atoms. The Morgan fingerprint density at radius 2 is 2.18 bits per heavy atom. The van der Waals surface area contributed by atoms with Crippen LogP contribution in [0.2, 0.25) is 0 Å². The molecule has 0 aromatic carbocycles. The zero-order valence-corrected chi connectivity index (χ0v) is 12.0. The van der Waals surface area contributed by atoms with E-state index in [-0.39, 0.29) is 0 Å². The highest BCUT2D eigenvalue weighted by Gasteiger charge is 2.41. The number of hydrogen-bond donors (Lipinski definition) is 1. The second kappa shape index (κ2) is 4.74. The van der Waals surface area contributed by atoms with Gasteiger partial charge in [0.05, 0.1) is 5.60 Å². The van der Waals surface area contributed by atoms with Crippen molar-refractivity contribution in [1.29, 1.82) is 0 Å². The molecule has 0 radical (unpaired) electrons. The summed E-state index contributed by atoms with van der Waals surface area (Å²) in [4.78, 5) is 1.40. The highest BCUT2D eigenvalue weighted by molar-refractivity contribution is 7.09. The zero-order chi connectivity index (χ0) is 12.5. The van der Waals surface area contributed by atoms with Gasteiger partial charge in [-0.2, -0.15) is 0 Å². The van der Waals surface area contributed by atoms with Gasteiger partial charge in [-0.3, -0.25) is 0 Å². The van der Waals surface area contributed by atoms with Gasteiger partial charge in [0.1, 0.15) is 0 Å². The van der Waals surface area contributed by atoms with Crippen molar-refractivity contribution in [3.63, 3.8) is 0 Å². The van der Waals surface area contributed by atoms with Gasteiger partial charge in [-0.1, -0.05) is 26.8 Å². The van der Waals surface area contributed by atoms with Crippen molar-refractivity contribution >= 4 is 11.3 Å². The van der Waals surface area contributed by atoms with Crippen LogP contribution in [0.25, 0.3) is 0 Å². The quantitative estimate of drug-likeness (QED) is 0.852. The van der Waals surface area contributed by atoms with Crippen molar-refractivity contribution < 1.29 is 5.11 Å². The summed E-state index contributed by atoms with van der Waals surface area (Å²) in [6, 6.07) is 4.27. The summed E-state index contributed by atoms with van der Waals surface area (Å²) in [5.74, 6) is 0.422. The molecular weight excluding hydrogens is 228 g/mol. The highest BCUT2D eigenvalue weighted by atomic mass is 32.1. The first-order valence-corrected chi connectivity index (χ1v) is 7.54. The molecule has 0 spiro atoms. The van der Waals surface area contributed by atoms with Crippen molar-refractivity contribution in [2.24, 2.45) is 11.3 Å². The molecule has 2 unspecified atom stereocenters. The average molecular weight is 252 g/mol. The minimum atomic E-state index is -0.431. The lowest BCUT2D eigenvalue weighted by Gasteiger charge is -2.45. The monoisotopic (exact) mass is 252 g/mol. The number of aryl methyl sites for hydroxylation is 1. The van der Waals surface area contributed by atoms with Gasteiger partial charge in [0.25, 0.3) is 0 Å². The predicted molar refractivity (Wildman–Crippen MR) is 74.4 cm³/mol. The molecule has 1 aromatic heterocycles. The van der Waals surface area contributed by atoms with E-state index in [4.69, 9.17) is 0 Å². The van der Waals surface area contributed by atoms with E-state index in [1.165, 1.54) is 4.88 Å². The maximum Gasteiger partial charge on any atom is 0.0677 e. The smallest absolute Gasteiger partial charge is 0.0677 e. The molecule has 1 N–H and O–H groups in total. The fourth-order valence-corrected chi connectivity index (χ4v) is 3.80. The summed E-state index contributed by atoms with van der Waals surface area (Å²) < 4.78 is 0. The number of rotatable bonds is 3. The molecule has 1 aliphatic rings. The second-order valence-electron chi connectivity index (χ2n) is 6.45. The molecule has 1 aromatic rings. The molecule has 2 atom stereocenters. The Labute approximate surface area is 109 Å². The Morgan fingerprint density at radius 1 is 1.41 bits per heavy atom. The summed E-state index contributed by atoms with van der Waals surface area (Å²) in [7, 11) is 0. The van der Waals surface area contributed by atoms with Gasteiger partial charge >= 0.3 is 0 Å². The maximum absolute atomic E-state index is 10.8. The molecule has 1 saturated carbocycles. The third kappa shape index (κ3) is 3.11. The summed E-state index contributed by atoms with van der Waals surface area (Å²) in [6.07, 6.45) is 5.21. The minimum Gasteiger partial charge on any atom is -0.390 e. The molecule has 1 fully saturated rings. The highest BCUT2D eigenvalue weighted by Crippen LogP contribution is 2.45. The van der Waals surface area contributed by atoms with Crippen LogP contribution in [0, 0.1) is 11.3 Å². The Kier molecular flexibility index (Phi) is 3.65. The number of hydrogen-bond acceptors (Lipinski definition) is 2. The summed E-state index contributed by atoms with van der Waals surface area (Å²) >= 11 is 1.80. The normalized spacial score (nSPS) is 32.6. The topological polar surface area (TPSA) is 20.2 Å². The van der Waals surface area contributed by atoms with Crippen LogP contribution in [0.15, 0.2) is 17.5 Å². The molecular formula is C15H24OS. The molecule has 17 heavy (non-hydrogen) atoms. The molecule has 96 valence electrons. The van der Waals surface area contributed by atoms with Gasteiger partial charge < -0.3 is 5.11 Å². The Morgan fingerprint density at radius 3 is 2.76 bits per heavy atom. The molecule has 2 rings (SSSR count). The summed E-state index contributed by atoms with van der Waals surface area (Å²) in [5.41, 5.74) is -0.0198. The van der Waals surface area contributed by atoms with Crippen molar-refractivity contribution in [2.45, 2.75) is 58.5 Å². The van der Waals surface area contributed by atoms with E-state index in [2.05, 4.69) is 38.3 Å². The fraction of sp³-hybridized carbons (Fsp3) is 0.733. The molecule has 0 amide bonds. The van der Waals surface area contributed by atoms with Crippen molar-refractivity contribution in [1.82, 2.24) is 0 Å². The van der Waals surface area contributed by atoms with E-state index in [0.29, 0.717) is 11.3 Å². The first kappa shape index (κ1) is 13.1. The largest absolute Gasteiger partial charge is 0.390 e. The van der Waals surface area contributed by atoms with Crippen LogP contribution < -0.4 is 0 Å². The third-order valence-electron chi connectivity index (χ3n) is 4.40. The zero-order valence-electron chi connectivity index (χ0n) is 11.2. The van der Waals surface area contributed by atoms with Gasteiger partial charge in [-0.25, -0.2) is 0 Å². The minimum absolute atomic E-state index is 0.411. The van der Waals surface area contributed by atoms with Crippen LogP contribution in [0.4, 0.5) is 0 Å². The number of aliphatic hydroxyl groups is 1. The van der Waals surface area contributed by atoms with E-state index in [1.54, 1.807) is 11.3 Å². The van der Waals surface area contributed by atoms with Gasteiger partial charge in [0.2, 0.25) is 0 Å². The molecule has 1 aliphatic carbocycles. The molecule has 1 heterocycles. The Bertz CT molecular complexity index is 355. The van der Waals surface area contributed by atoms with Gasteiger partial charge in [-0.15, -0.1) is 11.3 Å². The van der Waals surface area contributed by atoms with Crippen LogP contribution >= 0.6 is 11.3 Å². The van der Waals surface area contributed by atoms with Crippen LogP contribution in [-0.4, -0.2) is 10.7 Å².